The molecule has 0 aromatic carbocycles. The van der Waals surface area contributed by atoms with Crippen LogP contribution in [0.25, 0.3) is 0 Å². The molecule has 0 amide bonds. The lowest BCUT2D eigenvalue weighted by molar-refractivity contribution is 0.475. The molecular formula is C15H21ClN4. The summed E-state index contributed by atoms with van der Waals surface area (Å²) in [7, 11) is 0. The summed E-state index contributed by atoms with van der Waals surface area (Å²) in [5.41, 5.74) is 3.14. The molecule has 5 heteroatoms. The number of nitrogens with zero attached hydrogens (tertiary/aromatic N) is 3. The zero-order chi connectivity index (χ0) is 14.7. The van der Waals surface area contributed by atoms with Crippen LogP contribution < -0.4 is 5.32 Å². The average molecular weight is 293 g/mol. The van der Waals surface area contributed by atoms with E-state index in [2.05, 4.69) is 42.2 Å². The van der Waals surface area contributed by atoms with Crippen LogP contribution in [0.3, 0.4) is 0 Å². The monoisotopic (exact) mass is 292 g/mol. The van der Waals surface area contributed by atoms with Gasteiger partial charge >= 0.3 is 0 Å². The molecule has 2 heterocycles. The highest BCUT2D eigenvalue weighted by Crippen LogP contribution is 2.31. The number of halogens is 1. The van der Waals surface area contributed by atoms with Gasteiger partial charge in [0.2, 0.25) is 0 Å². The molecule has 0 bridgehead atoms. The van der Waals surface area contributed by atoms with E-state index >= 15 is 0 Å². The van der Waals surface area contributed by atoms with Crippen LogP contribution in [-0.4, -0.2) is 21.3 Å². The summed E-state index contributed by atoms with van der Waals surface area (Å²) in [6.07, 6.45) is 3.52. The van der Waals surface area contributed by atoms with Crippen LogP contribution in [0.1, 0.15) is 49.8 Å². The van der Waals surface area contributed by atoms with E-state index in [4.69, 9.17) is 11.6 Å². The second kappa shape index (κ2) is 6.37. The van der Waals surface area contributed by atoms with Gasteiger partial charge in [-0.15, -0.1) is 0 Å². The molecule has 0 fully saturated rings. The SMILES string of the molecule is CCNC(c1cccnc1C)c1c(Cl)cnn1C(C)C. The first-order chi connectivity index (χ1) is 9.56. The highest BCUT2D eigenvalue weighted by molar-refractivity contribution is 6.31. The largest absolute Gasteiger partial charge is 0.305 e. The average Bonchev–Trinajstić information content (AvgIpc) is 2.79. The highest BCUT2D eigenvalue weighted by Gasteiger charge is 2.24. The fourth-order valence-electron chi connectivity index (χ4n) is 2.39. The summed E-state index contributed by atoms with van der Waals surface area (Å²) in [6, 6.07) is 4.31. The third-order valence-electron chi connectivity index (χ3n) is 3.32. The van der Waals surface area contributed by atoms with Crippen molar-refractivity contribution in [3.05, 3.63) is 46.5 Å². The lowest BCUT2D eigenvalue weighted by Gasteiger charge is -2.23. The van der Waals surface area contributed by atoms with Crippen molar-refractivity contribution in [3.63, 3.8) is 0 Å². The van der Waals surface area contributed by atoms with Gasteiger partial charge in [-0.3, -0.25) is 9.67 Å². The van der Waals surface area contributed by atoms with E-state index in [-0.39, 0.29) is 12.1 Å². The first-order valence-electron chi connectivity index (χ1n) is 6.94. The second-order valence-corrected chi connectivity index (χ2v) is 5.49. The van der Waals surface area contributed by atoms with Crippen LogP contribution in [0.2, 0.25) is 5.02 Å². The smallest absolute Gasteiger partial charge is 0.0837 e. The quantitative estimate of drug-likeness (QED) is 0.917. The third kappa shape index (κ3) is 2.86. The first-order valence-corrected chi connectivity index (χ1v) is 7.31. The first kappa shape index (κ1) is 15.0. The predicted molar refractivity (Wildman–Crippen MR) is 82.1 cm³/mol. The van der Waals surface area contributed by atoms with Gasteiger partial charge in [-0.2, -0.15) is 5.10 Å². The maximum atomic E-state index is 6.38. The lowest BCUT2D eigenvalue weighted by atomic mass is 10.0. The molecule has 0 aliphatic rings. The van der Waals surface area contributed by atoms with Gasteiger partial charge in [0.1, 0.15) is 0 Å². The van der Waals surface area contributed by atoms with Crippen molar-refractivity contribution < 1.29 is 0 Å². The number of nitrogens with one attached hydrogen (secondary N) is 1. The molecule has 4 nitrogen and oxygen atoms in total. The summed E-state index contributed by atoms with van der Waals surface area (Å²) >= 11 is 6.38. The van der Waals surface area contributed by atoms with Crippen LogP contribution in [0.15, 0.2) is 24.5 Å². The minimum absolute atomic E-state index is 0.00565. The van der Waals surface area contributed by atoms with Crippen LogP contribution >= 0.6 is 11.6 Å². The van der Waals surface area contributed by atoms with Gasteiger partial charge in [0, 0.05) is 17.9 Å². The molecule has 20 heavy (non-hydrogen) atoms. The minimum Gasteiger partial charge on any atom is -0.305 e. The Morgan fingerprint density at radius 3 is 2.75 bits per heavy atom. The molecule has 1 atom stereocenters. The molecule has 1 N–H and O–H groups in total. The van der Waals surface area contributed by atoms with Gasteiger partial charge in [-0.05, 0) is 38.9 Å². The Bertz CT molecular complexity index is 577. The second-order valence-electron chi connectivity index (χ2n) is 5.08. The molecule has 1 unspecified atom stereocenters. The third-order valence-corrected chi connectivity index (χ3v) is 3.61. The van der Waals surface area contributed by atoms with Gasteiger partial charge in [0.15, 0.2) is 0 Å². The van der Waals surface area contributed by atoms with Crippen molar-refractivity contribution in [1.82, 2.24) is 20.1 Å². The zero-order valence-corrected chi connectivity index (χ0v) is 13.1. The Morgan fingerprint density at radius 1 is 1.40 bits per heavy atom. The number of rotatable bonds is 5. The minimum atomic E-state index is 0.00565. The van der Waals surface area contributed by atoms with E-state index in [1.807, 2.05) is 23.9 Å². The van der Waals surface area contributed by atoms with Gasteiger partial charge in [-0.25, -0.2) is 0 Å². The van der Waals surface area contributed by atoms with Crippen LogP contribution in [0.5, 0.6) is 0 Å². The van der Waals surface area contributed by atoms with Crippen molar-refractivity contribution in [2.24, 2.45) is 0 Å². The molecule has 2 rings (SSSR count). The summed E-state index contributed by atoms with van der Waals surface area (Å²) in [5, 5.41) is 8.58. The number of pyridine rings is 1. The molecule has 0 radical (unpaired) electrons. The number of hydrogen-bond donors (Lipinski definition) is 1. The van der Waals surface area contributed by atoms with Gasteiger partial charge in [0.25, 0.3) is 0 Å². The number of aromatic nitrogens is 3. The van der Waals surface area contributed by atoms with E-state index in [1.54, 1.807) is 6.20 Å². The van der Waals surface area contributed by atoms with E-state index in [0.717, 1.165) is 23.5 Å². The van der Waals surface area contributed by atoms with E-state index in [0.29, 0.717) is 5.02 Å². The standard InChI is InChI=1S/C15H21ClN4/c1-5-17-14(12-7-6-8-18-11(12)4)15-13(16)9-19-20(15)10(2)3/h6-10,14,17H,5H2,1-4H3. The van der Waals surface area contributed by atoms with E-state index in [1.165, 1.54) is 0 Å². The van der Waals surface area contributed by atoms with Gasteiger partial charge in [0.05, 0.1) is 23.0 Å². The Balaban J connectivity index is 2.55. The summed E-state index contributed by atoms with van der Waals surface area (Å²) < 4.78 is 1.97. The summed E-state index contributed by atoms with van der Waals surface area (Å²) in [4.78, 5) is 4.38. The fraction of sp³-hybridized carbons (Fsp3) is 0.467. The van der Waals surface area contributed by atoms with E-state index in [9.17, 15) is 0 Å². The molecule has 2 aromatic rings. The molecule has 2 aromatic heterocycles. The van der Waals surface area contributed by atoms with E-state index < -0.39 is 0 Å². The van der Waals surface area contributed by atoms with Crippen LogP contribution in [-0.2, 0) is 0 Å². The van der Waals surface area contributed by atoms with Crippen molar-refractivity contribution in [2.75, 3.05) is 6.54 Å². The maximum absolute atomic E-state index is 6.38. The summed E-state index contributed by atoms with van der Waals surface area (Å²) in [5.74, 6) is 0. The highest BCUT2D eigenvalue weighted by atomic mass is 35.5. The van der Waals surface area contributed by atoms with Crippen LogP contribution in [0, 0.1) is 6.92 Å². The number of aryl methyl sites for hydroxylation is 1. The Labute approximate surface area is 125 Å². The van der Waals surface area contributed by atoms with Crippen molar-refractivity contribution in [1.29, 1.82) is 0 Å². The van der Waals surface area contributed by atoms with Gasteiger partial charge in [-0.1, -0.05) is 24.6 Å². The predicted octanol–water partition coefficient (Wildman–Crippen LogP) is 3.52. The maximum Gasteiger partial charge on any atom is 0.0837 e. The van der Waals surface area contributed by atoms with Crippen molar-refractivity contribution in [3.8, 4) is 0 Å². The molecule has 108 valence electrons. The molecular weight excluding hydrogens is 272 g/mol. The Morgan fingerprint density at radius 2 is 2.15 bits per heavy atom. The fourth-order valence-corrected chi connectivity index (χ4v) is 2.63. The summed E-state index contributed by atoms with van der Waals surface area (Å²) in [6.45, 7) is 9.16. The topological polar surface area (TPSA) is 42.7 Å². The van der Waals surface area contributed by atoms with Crippen molar-refractivity contribution >= 4 is 11.6 Å². The molecule has 0 aliphatic heterocycles. The zero-order valence-electron chi connectivity index (χ0n) is 12.4. The Hall–Kier alpha value is -1.39. The molecule has 0 spiro atoms. The molecule has 0 saturated heterocycles. The Kier molecular flexibility index (Phi) is 4.78. The normalized spacial score (nSPS) is 12.9. The number of hydrogen-bond acceptors (Lipinski definition) is 3. The molecule has 0 saturated carbocycles. The van der Waals surface area contributed by atoms with Gasteiger partial charge < -0.3 is 5.32 Å². The lowest BCUT2D eigenvalue weighted by Crippen LogP contribution is -2.26. The van der Waals surface area contributed by atoms with Crippen molar-refractivity contribution in [2.45, 2.75) is 39.8 Å². The molecule has 0 aliphatic carbocycles. The van der Waals surface area contributed by atoms with Crippen LogP contribution in [0.4, 0.5) is 0 Å².